The summed E-state index contributed by atoms with van der Waals surface area (Å²) in [4.78, 5) is 15.2. The molecular formula is C27H31N3O2. The van der Waals surface area contributed by atoms with E-state index in [0.29, 0.717) is 6.54 Å². The molecule has 1 aliphatic rings. The lowest BCUT2D eigenvalue weighted by Crippen LogP contribution is -2.46. The maximum absolute atomic E-state index is 12.8. The van der Waals surface area contributed by atoms with Gasteiger partial charge in [-0.25, -0.2) is 4.79 Å². The SMILES string of the molecule is O=C(NCC(CCN1CCOCC1)(c1ccccc1)c1ccccc1)Nc1ccccc1. The first-order chi connectivity index (χ1) is 15.8. The highest BCUT2D eigenvalue weighted by atomic mass is 16.5. The van der Waals surface area contributed by atoms with Crippen LogP contribution in [0, 0.1) is 0 Å². The third kappa shape index (κ3) is 5.55. The normalized spacial score (nSPS) is 14.6. The number of rotatable bonds is 8. The molecule has 1 fully saturated rings. The van der Waals surface area contributed by atoms with Crippen LogP contribution >= 0.6 is 0 Å². The minimum Gasteiger partial charge on any atom is -0.379 e. The van der Waals surface area contributed by atoms with E-state index in [1.807, 2.05) is 42.5 Å². The highest BCUT2D eigenvalue weighted by Gasteiger charge is 2.35. The number of nitrogens with one attached hydrogen (secondary N) is 2. The van der Waals surface area contributed by atoms with Gasteiger partial charge in [0.2, 0.25) is 0 Å². The summed E-state index contributed by atoms with van der Waals surface area (Å²) in [5, 5.41) is 6.11. The van der Waals surface area contributed by atoms with Crippen molar-refractivity contribution in [3.05, 3.63) is 102 Å². The van der Waals surface area contributed by atoms with Crippen molar-refractivity contribution in [2.75, 3.05) is 44.7 Å². The second-order valence-corrected chi connectivity index (χ2v) is 8.19. The van der Waals surface area contributed by atoms with E-state index in [0.717, 1.165) is 45.0 Å². The Labute approximate surface area is 190 Å². The molecule has 3 aromatic rings. The quantitative estimate of drug-likeness (QED) is 0.554. The number of nitrogens with zero attached hydrogens (tertiary/aromatic N) is 1. The number of ether oxygens (including phenoxy) is 1. The summed E-state index contributed by atoms with van der Waals surface area (Å²) >= 11 is 0. The molecule has 5 nitrogen and oxygen atoms in total. The Morgan fingerprint density at radius 1 is 0.812 bits per heavy atom. The van der Waals surface area contributed by atoms with Gasteiger partial charge in [-0.15, -0.1) is 0 Å². The Morgan fingerprint density at radius 2 is 1.34 bits per heavy atom. The van der Waals surface area contributed by atoms with E-state index < -0.39 is 0 Å². The topological polar surface area (TPSA) is 53.6 Å². The molecule has 2 N–H and O–H groups in total. The standard InChI is InChI=1S/C27H31N3O2/c31-26(29-25-14-8-3-9-15-25)28-22-27(23-10-4-1-5-11-23,24-12-6-2-7-13-24)16-17-30-18-20-32-21-19-30/h1-15H,16-22H2,(H2,28,29,31). The summed E-state index contributed by atoms with van der Waals surface area (Å²) < 4.78 is 5.53. The average molecular weight is 430 g/mol. The minimum atomic E-state index is -0.338. The zero-order chi connectivity index (χ0) is 22.1. The molecule has 0 radical (unpaired) electrons. The molecular weight excluding hydrogens is 398 g/mol. The highest BCUT2D eigenvalue weighted by Crippen LogP contribution is 2.35. The summed E-state index contributed by atoms with van der Waals surface area (Å²) in [7, 11) is 0. The summed E-state index contributed by atoms with van der Waals surface area (Å²) in [5.74, 6) is 0. The smallest absolute Gasteiger partial charge is 0.319 e. The van der Waals surface area contributed by atoms with Gasteiger partial charge in [0.15, 0.2) is 0 Å². The van der Waals surface area contributed by atoms with E-state index in [1.54, 1.807) is 0 Å². The number of carbonyl (C=O) groups is 1. The molecule has 5 heteroatoms. The van der Waals surface area contributed by atoms with Gasteiger partial charge in [0.1, 0.15) is 0 Å². The summed E-state index contributed by atoms with van der Waals surface area (Å²) in [5.41, 5.74) is 2.86. The Kier molecular flexibility index (Phi) is 7.54. The minimum absolute atomic E-state index is 0.196. The number of morpholine rings is 1. The van der Waals surface area contributed by atoms with Crippen molar-refractivity contribution in [2.24, 2.45) is 0 Å². The number of carbonyl (C=O) groups excluding carboxylic acids is 1. The van der Waals surface area contributed by atoms with Gasteiger partial charge in [0.25, 0.3) is 0 Å². The van der Waals surface area contributed by atoms with Gasteiger partial charge in [0.05, 0.1) is 13.2 Å². The van der Waals surface area contributed by atoms with Crippen molar-refractivity contribution < 1.29 is 9.53 Å². The number of benzene rings is 3. The molecule has 4 rings (SSSR count). The average Bonchev–Trinajstić information content (AvgIpc) is 2.87. The predicted molar refractivity (Wildman–Crippen MR) is 129 cm³/mol. The molecule has 0 unspecified atom stereocenters. The summed E-state index contributed by atoms with van der Waals surface area (Å²) in [6.07, 6.45) is 0.895. The Balaban J connectivity index is 1.59. The van der Waals surface area contributed by atoms with Gasteiger partial charge in [-0.05, 0) is 36.2 Å². The fourth-order valence-electron chi connectivity index (χ4n) is 4.36. The molecule has 0 aliphatic carbocycles. The van der Waals surface area contributed by atoms with Crippen molar-refractivity contribution in [2.45, 2.75) is 11.8 Å². The van der Waals surface area contributed by atoms with Crippen molar-refractivity contribution >= 4 is 11.7 Å². The second-order valence-electron chi connectivity index (χ2n) is 8.19. The number of anilines is 1. The zero-order valence-electron chi connectivity index (χ0n) is 18.4. The molecule has 32 heavy (non-hydrogen) atoms. The first kappa shape index (κ1) is 22.1. The van der Waals surface area contributed by atoms with Crippen LogP contribution in [0.15, 0.2) is 91.0 Å². The highest BCUT2D eigenvalue weighted by molar-refractivity contribution is 5.89. The first-order valence-electron chi connectivity index (χ1n) is 11.3. The van der Waals surface area contributed by atoms with Crippen LogP contribution in [0.5, 0.6) is 0 Å². The molecule has 0 bridgehead atoms. The van der Waals surface area contributed by atoms with Crippen LogP contribution in [0.3, 0.4) is 0 Å². The van der Waals surface area contributed by atoms with Gasteiger partial charge in [-0.1, -0.05) is 78.9 Å². The number of hydrogen-bond donors (Lipinski definition) is 2. The molecule has 166 valence electrons. The lowest BCUT2D eigenvalue weighted by molar-refractivity contribution is 0.0352. The zero-order valence-corrected chi connectivity index (χ0v) is 18.4. The van der Waals surface area contributed by atoms with Crippen molar-refractivity contribution in [3.63, 3.8) is 0 Å². The van der Waals surface area contributed by atoms with Gasteiger partial charge in [0, 0.05) is 30.7 Å². The van der Waals surface area contributed by atoms with Crippen LogP contribution < -0.4 is 10.6 Å². The molecule has 1 aliphatic heterocycles. The van der Waals surface area contributed by atoms with E-state index in [9.17, 15) is 4.79 Å². The largest absolute Gasteiger partial charge is 0.379 e. The molecule has 3 aromatic carbocycles. The lowest BCUT2D eigenvalue weighted by atomic mass is 9.71. The predicted octanol–water partition coefficient (Wildman–Crippen LogP) is 4.52. The number of hydrogen-bond acceptors (Lipinski definition) is 3. The van der Waals surface area contributed by atoms with Crippen molar-refractivity contribution in [1.29, 1.82) is 0 Å². The molecule has 1 heterocycles. The third-order valence-corrected chi connectivity index (χ3v) is 6.19. The van der Waals surface area contributed by atoms with Crippen LogP contribution in [-0.2, 0) is 10.2 Å². The fourth-order valence-corrected chi connectivity index (χ4v) is 4.36. The molecule has 2 amide bonds. The molecule has 0 atom stereocenters. The van der Waals surface area contributed by atoms with Crippen LogP contribution in [-0.4, -0.2) is 50.3 Å². The van der Waals surface area contributed by atoms with Crippen LogP contribution in [0.25, 0.3) is 0 Å². The molecule has 0 spiro atoms. The number of amides is 2. The van der Waals surface area contributed by atoms with Crippen LogP contribution in [0.4, 0.5) is 10.5 Å². The summed E-state index contributed by atoms with van der Waals surface area (Å²) in [6, 6.07) is 30.4. The van der Waals surface area contributed by atoms with E-state index >= 15 is 0 Å². The first-order valence-corrected chi connectivity index (χ1v) is 11.3. The monoisotopic (exact) mass is 429 g/mol. The van der Waals surface area contributed by atoms with Crippen molar-refractivity contribution in [3.8, 4) is 0 Å². The second kappa shape index (κ2) is 10.9. The summed E-state index contributed by atoms with van der Waals surface area (Å²) in [6.45, 7) is 4.89. The van der Waals surface area contributed by atoms with Crippen LogP contribution in [0.2, 0.25) is 0 Å². The molecule has 0 aromatic heterocycles. The van der Waals surface area contributed by atoms with E-state index in [2.05, 4.69) is 64.1 Å². The lowest BCUT2D eigenvalue weighted by Gasteiger charge is -2.38. The van der Waals surface area contributed by atoms with Crippen molar-refractivity contribution in [1.82, 2.24) is 10.2 Å². The number of urea groups is 1. The van der Waals surface area contributed by atoms with E-state index in [4.69, 9.17) is 4.74 Å². The molecule has 1 saturated heterocycles. The third-order valence-electron chi connectivity index (χ3n) is 6.19. The Morgan fingerprint density at radius 3 is 1.91 bits per heavy atom. The number of para-hydroxylation sites is 1. The fraction of sp³-hybridized carbons (Fsp3) is 0.296. The Bertz CT molecular complexity index is 918. The van der Waals surface area contributed by atoms with Gasteiger partial charge in [-0.3, -0.25) is 4.90 Å². The van der Waals surface area contributed by atoms with E-state index in [1.165, 1.54) is 11.1 Å². The van der Waals surface area contributed by atoms with Crippen LogP contribution in [0.1, 0.15) is 17.5 Å². The Hall–Kier alpha value is -3.15. The maximum atomic E-state index is 12.8. The van der Waals surface area contributed by atoms with Gasteiger partial charge in [-0.2, -0.15) is 0 Å². The molecule has 0 saturated carbocycles. The van der Waals surface area contributed by atoms with Gasteiger partial charge >= 0.3 is 6.03 Å². The van der Waals surface area contributed by atoms with Gasteiger partial charge < -0.3 is 15.4 Å². The van der Waals surface area contributed by atoms with E-state index in [-0.39, 0.29) is 11.4 Å². The maximum Gasteiger partial charge on any atom is 0.319 e.